The maximum Gasteiger partial charge on any atom is 0.251 e. The zero-order chi connectivity index (χ0) is 18.2. The molecule has 26 heavy (non-hydrogen) atoms. The van der Waals surface area contributed by atoms with E-state index in [2.05, 4.69) is 36.2 Å². The van der Waals surface area contributed by atoms with E-state index in [1.807, 2.05) is 72.8 Å². The highest BCUT2D eigenvalue weighted by Crippen LogP contribution is 2.13. The van der Waals surface area contributed by atoms with E-state index >= 15 is 0 Å². The molecule has 0 saturated carbocycles. The zero-order valence-corrected chi connectivity index (χ0v) is 14.8. The summed E-state index contributed by atoms with van der Waals surface area (Å²) in [5.74, 6) is 6.45. The maximum atomic E-state index is 12.3. The molecule has 1 amide bonds. The van der Waals surface area contributed by atoms with Gasteiger partial charge in [-0.15, -0.1) is 0 Å². The van der Waals surface area contributed by atoms with Crippen molar-refractivity contribution in [2.75, 3.05) is 6.54 Å². The zero-order valence-electron chi connectivity index (χ0n) is 14.8. The average molecular weight is 339 g/mol. The van der Waals surface area contributed by atoms with Crippen LogP contribution >= 0.6 is 0 Å². The van der Waals surface area contributed by atoms with Crippen LogP contribution in [0.15, 0.2) is 84.9 Å². The number of carbonyl (C=O) groups is 1. The van der Waals surface area contributed by atoms with E-state index in [0.717, 1.165) is 11.1 Å². The van der Waals surface area contributed by atoms with Crippen LogP contribution in [0.1, 0.15) is 39.9 Å². The Morgan fingerprint density at radius 3 is 1.96 bits per heavy atom. The number of rotatable bonds is 4. The summed E-state index contributed by atoms with van der Waals surface area (Å²) in [5.41, 5.74) is 3.74. The number of hydrogen-bond donors (Lipinski definition) is 1. The first-order valence-corrected chi connectivity index (χ1v) is 8.72. The highest BCUT2D eigenvalue weighted by atomic mass is 16.1. The van der Waals surface area contributed by atoms with Crippen LogP contribution in [-0.4, -0.2) is 12.5 Å². The summed E-state index contributed by atoms with van der Waals surface area (Å²) in [6.07, 6.45) is 0. The van der Waals surface area contributed by atoms with E-state index in [1.54, 1.807) is 0 Å². The molecule has 3 aromatic carbocycles. The molecule has 0 heterocycles. The number of carbonyl (C=O) groups excluding carboxylic acids is 1. The smallest absolute Gasteiger partial charge is 0.251 e. The standard InChI is InChI=1S/C24H21NO/c1-19(22-10-6-3-7-11-22)18-25-24(26)23-16-14-21(15-17-23)13-12-20-8-4-2-5-9-20/h2-11,14-17,19H,18H2,1H3,(H,25,26). The summed E-state index contributed by atoms with van der Waals surface area (Å²) in [7, 11) is 0. The molecule has 0 aromatic heterocycles. The van der Waals surface area contributed by atoms with Crippen LogP contribution in [0.4, 0.5) is 0 Å². The number of benzene rings is 3. The molecule has 0 radical (unpaired) electrons. The predicted molar refractivity (Wildman–Crippen MR) is 106 cm³/mol. The second kappa shape index (κ2) is 8.69. The third-order valence-corrected chi connectivity index (χ3v) is 4.21. The average Bonchev–Trinajstić information content (AvgIpc) is 2.72. The molecule has 2 heteroatoms. The minimum atomic E-state index is -0.0599. The van der Waals surface area contributed by atoms with Crippen molar-refractivity contribution in [2.24, 2.45) is 0 Å². The molecule has 0 aliphatic heterocycles. The second-order valence-corrected chi connectivity index (χ2v) is 6.22. The van der Waals surface area contributed by atoms with Gasteiger partial charge in [0.1, 0.15) is 0 Å². The van der Waals surface area contributed by atoms with E-state index in [9.17, 15) is 4.79 Å². The first-order valence-electron chi connectivity index (χ1n) is 8.72. The van der Waals surface area contributed by atoms with Gasteiger partial charge in [-0.05, 0) is 47.9 Å². The molecule has 3 aromatic rings. The van der Waals surface area contributed by atoms with Crippen molar-refractivity contribution in [1.29, 1.82) is 0 Å². The lowest BCUT2D eigenvalue weighted by Gasteiger charge is -2.13. The molecule has 3 rings (SSSR count). The molecule has 0 aliphatic rings. The van der Waals surface area contributed by atoms with Crippen LogP contribution in [0.2, 0.25) is 0 Å². The molecule has 0 aliphatic carbocycles. The molecule has 0 spiro atoms. The van der Waals surface area contributed by atoms with Gasteiger partial charge in [0, 0.05) is 23.2 Å². The summed E-state index contributed by atoms with van der Waals surface area (Å²) >= 11 is 0. The van der Waals surface area contributed by atoms with Crippen molar-refractivity contribution in [3.63, 3.8) is 0 Å². The Balaban J connectivity index is 1.58. The molecular formula is C24H21NO. The van der Waals surface area contributed by atoms with Crippen LogP contribution in [0.3, 0.4) is 0 Å². The van der Waals surface area contributed by atoms with E-state index in [4.69, 9.17) is 0 Å². The Bertz CT molecular complexity index is 903. The van der Waals surface area contributed by atoms with Crippen molar-refractivity contribution in [3.8, 4) is 11.8 Å². The van der Waals surface area contributed by atoms with Crippen molar-refractivity contribution in [2.45, 2.75) is 12.8 Å². The van der Waals surface area contributed by atoms with E-state index in [0.29, 0.717) is 12.1 Å². The Labute approximate surface area is 154 Å². The molecule has 0 saturated heterocycles. The van der Waals surface area contributed by atoms with Crippen LogP contribution in [0, 0.1) is 11.8 Å². The molecule has 1 N–H and O–H groups in total. The molecule has 0 fully saturated rings. The van der Waals surface area contributed by atoms with E-state index in [-0.39, 0.29) is 11.8 Å². The SMILES string of the molecule is CC(CNC(=O)c1ccc(C#Cc2ccccc2)cc1)c1ccccc1. The normalized spacial score (nSPS) is 11.1. The highest BCUT2D eigenvalue weighted by molar-refractivity contribution is 5.94. The first kappa shape index (κ1) is 17.5. The van der Waals surface area contributed by atoms with Crippen molar-refractivity contribution in [3.05, 3.63) is 107 Å². The van der Waals surface area contributed by atoms with Crippen LogP contribution in [0.5, 0.6) is 0 Å². The minimum Gasteiger partial charge on any atom is -0.351 e. The molecule has 1 atom stereocenters. The van der Waals surface area contributed by atoms with E-state index < -0.39 is 0 Å². The summed E-state index contributed by atoms with van der Waals surface area (Å²) in [6, 6.07) is 27.4. The fraction of sp³-hybridized carbons (Fsp3) is 0.125. The predicted octanol–water partition coefficient (Wildman–Crippen LogP) is 4.62. The van der Waals surface area contributed by atoms with Crippen LogP contribution in [-0.2, 0) is 0 Å². The third-order valence-electron chi connectivity index (χ3n) is 4.21. The van der Waals surface area contributed by atoms with Crippen LogP contribution < -0.4 is 5.32 Å². The summed E-state index contributed by atoms with van der Waals surface area (Å²) in [4.78, 5) is 12.3. The van der Waals surface area contributed by atoms with Gasteiger partial charge in [0.25, 0.3) is 5.91 Å². The minimum absolute atomic E-state index is 0.0599. The lowest BCUT2D eigenvalue weighted by molar-refractivity contribution is 0.0951. The van der Waals surface area contributed by atoms with Gasteiger partial charge in [-0.25, -0.2) is 0 Å². The molecule has 128 valence electrons. The number of amides is 1. The van der Waals surface area contributed by atoms with Gasteiger partial charge < -0.3 is 5.32 Å². The van der Waals surface area contributed by atoms with Gasteiger partial charge in [-0.2, -0.15) is 0 Å². The highest BCUT2D eigenvalue weighted by Gasteiger charge is 2.09. The van der Waals surface area contributed by atoms with Gasteiger partial charge >= 0.3 is 0 Å². The van der Waals surface area contributed by atoms with Gasteiger partial charge in [0.2, 0.25) is 0 Å². The van der Waals surface area contributed by atoms with Crippen LogP contribution in [0.25, 0.3) is 0 Å². The Kier molecular flexibility index (Phi) is 5.85. The molecular weight excluding hydrogens is 318 g/mol. The van der Waals surface area contributed by atoms with Crippen molar-refractivity contribution >= 4 is 5.91 Å². The number of hydrogen-bond acceptors (Lipinski definition) is 1. The Morgan fingerprint density at radius 1 is 0.808 bits per heavy atom. The lowest BCUT2D eigenvalue weighted by atomic mass is 10.0. The quantitative estimate of drug-likeness (QED) is 0.691. The fourth-order valence-electron chi connectivity index (χ4n) is 2.62. The summed E-state index contributed by atoms with van der Waals surface area (Å²) in [5, 5.41) is 3.00. The van der Waals surface area contributed by atoms with Crippen molar-refractivity contribution < 1.29 is 4.79 Å². The van der Waals surface area contributed by atoms with Gasteiger partial charge in [-0.3, -0.25) is 4.79 Å². The third kappa shape index (κ3) is 4.84. The van der Waals surface area contributed by atoms with E-state index in [1.165, 1.54) is 5.56 Å². The molecule has 2 nitrogen and oxygen atoms in total. The maximum absolute atomic E-state index is 12.3. The van der Waals surface area contributed by atoms with Gasteiger partial charge in [0.05, 0.1) is 0 Å². The second-order valence-electron chi connectivity index (χ2n) is 6.22. The Morgan fingerprint density at radius 2 is 1.35 bits per heavy atom. The summed E-state index contributed by atoms with van der Waals surface area (Å²) < 4.78 is 0. The largest absolute Gasteiger partial charge is 0.351 e. The fourth-order valence-corrected chi connectivity index (χ4v) is 2.62. The summed E-state index contributed by atoms with van der Waals surface area (Å²) in [6.45, 7) is 2.72. The van der Waals surface area contributed by atoms with Gasteiger partial charge in [0.15, 0.2) is 0 Å². The van der Waals surface area contributed by atoms with Gasteiger partial charge in [-0.1, -0.05) is 67.3 Å². The topological polar surface area (TPSA) is 29.1 Å². The number of nitrogens with one attached hydrogen (secondary N) is 1. The first-order chi connectivity index (χ1) is 12.7. The lowest BCUT2D eigenvalue weighted by Crippen LogP contribution is -2.27. The van der Waals surface area contributed by atoms with Crippen molar-refractivity contribution in [1.82, 2.24) is 5.32 Å². The monoisotopic (exact) mass is 339 g/mol. The molecule has 1 unspecified atom stereocenters. The Hall–Kier alpha value is -3.31. The molecule has 0 bridgehead atoms.